The highest BCUT2D eigenvalue weighted by Gasteiger charge is 2.23. The van der Waals surface area contributed by atoms with Crippen LogP contribution in [0.25, 0.3) is 11.0 Å². The highest BCUT2D eigenvalue weighted by atomic mass is 32.2. The number of aromatic nitrogens is 4. The largest absolute Gasteiger partial charge is 0.468 e. The Hall–Kier alpha value is -2.16. The summed E-state index contributed by atoms with van der Waals surface area (Å²) < 4.78 is 7.09. The van der Waals surface area contributed by atoms with Gasteiger partial charge in [-0.05, 0) is 12.8 Å². The van der Waals surface area contributed by atoms with Crippen LogP contribution in [0, 0.1) is 0 Å². The SMILES string of the molecule is COC(=O)CSc1nc(C2CCCCC2)nc2c1c(=O)n(C)c(=O)n2C. The van der Waals surface area contributed by atoms with E-state index in [-0.39, 0.29) is 17.1 Å². The zero-order valence-electron chi connectivity index (χ0n) is 15.2. The van der Waals surface area contributed by atoms with Gasteiger partial charge < -0.3 is 4.74 Å². The summed E-state index contributed by atoms with van der Waals surface area (Å²) in [5.74, 6) is 0.499. The highest BCUT2D eigenvalue weighted by molar-refractivity contribution is 8.00. The number of hydrogen-bond acceptors (Lipinski definition) is 7. The Balaban J connectivity index is 2.20. The van der Waals surface area contributed by atoms with Gasteiger partial charge in [0.25, 0.3) is 5.56 Å². The summed E-state index contributed by atoms with van der Waals surface area (Å²) in [5.41, 5.74) is -0.564. The number of fused-ring (bicyclic) bond motifs is 1. The van der Waals surface area contributed by atoms with Gasteiger partial charge in [0, 0.05) is 20.0 Å². The van der Waals surface area contributed by atoms with Gasteiger partial charge in [-0.3, -0.25) is 18.7 Å². The maximum atomic E-state index is 12.7. The molecule has 8 nitrogen and oxygen atoms in total. The van der Waals surface area contributed by atoms with Crippen LogP contribution in [0.3, 0.4) is 0 Å². The number of ether oxygens (including phenoxy) is 1. The molecule has 140 valence electrons. The Kier molecular flexibility index (Phi) is 5.45. The van der Waals surface area contributed by atoms with Crippen LogP contribution < -0.4 is 11.2 Å². The standard InChI is InChI=1S/C17H22N4O4S/c1-20-14-12(16(23)21(2)17(20)24)15(26-9-11(22)25-3)19-13(18-14)10-7-5-4-6-8-10/h10H,4-9H2,1-3H3. The normalized spacial score (nSPS) is 15.3. The fourth-order valence-electron chi connectivity index (χ4n) is 3.28. The van der Waals surface area contributed by atoms with Gasteiger partial charge >= 0.3 is 11.7 Å². The molecule has 0 radical (unpaired) electrons. The van der Waals surface area contributed by atoms with Crippen LogP contribution in [0.4, 0.5) is 0 Å². The Morgan fingerprint density at radius 1 is 1.15 bits per heavy atom. The van der Waals surface area contributed by atoms with Gasteiger partial charge in [-0.2, -0.15) is 0 Å². The fourth-order valence-corrected chi connectivity index (χ4v) is 4.13. The third-order valence-corrected chi connectivity index (χ3v) is 5.76. The molecular formula is C17H22N4O4S. The van der Waals surface area contributed by atoms with Gasteiger partial charge in [0.1, 0.15) is 16.2 Å². The second-order valence-corrected chi connectivity index (χ2v) is 7.46. The van der Waals surface area contributed by atoms with E-state index in [1.54, 1.807) is 7.05 Å². The average molecular weight is 378 g/mol. The quantitative estimate of drug-likeness (QED) is 0.450. The van der Waals surface area contributed by atoms with Crippen LogP contribution in [0.1, 0.15) is 43.8 Å². The van der Waals surface area contributed by atoms with Gasteiger partial charge in [0.2, 0.25) is 0 Å². The first-order valence-electron chi connectivity index (χ1n) is 8.61. The van der Waals surface area contributed by atoms with Gasteiger partial charge in [-0.1, -0.05) is 31.0 Å². The third kappa shape index (κ3) is 3.40. The van der Waals surface area contributed by atoms with E-state index in [0.717, 1.165) is 42.0 Å². The Morgan fingerprint density at radius 3 is 2.50 bits per heavy atom. The first kappa shape index (κ1) is 18.6. The molecule has 1 fully saturated rings. The minimum Gasteiger partial charge on any atom is -0.468 e. The second kappa shape index (κ2) is 7.61. The van der Waals surface area contributed by atoms with Crippen molar-refractivity contribution in [2.45, 2.75) is 43.0 Å². The first-order chi connectivity index (χ1) is 12.4. The maximum Gasteiger partial charge on any atom is 0.332 e. The van der Waals surface area contributed by atoms with Crippen molar-refractivity contribution < 1.29 is 9.53 Å². The smallest absolute Gasteiger partial charge is 0.332 e. The molecule has 0 amide bonds. The van der Waals surface area contributed by atoms with Gasteiger partial charge in [-0.15, -0.1) is 0 Å². The predicted octanol–water partition coefficient (Wildman–Crippen LogP) is 1.34. The summed E-state index contributed by atoms with van der Waals surface area (Å²) >= 11 is 1.14. The molecule has 1 aliphatic rings. The molecule has 9 heteroatoms. The van der Waals surface area contributed by atoms with E-state index in [4.69, 9.17) is 0 Å². The van der Waals surface area contributed by atoms with Crippen LogP contribution >= 0.6 is 11.8 Å². The first-order valence-corrected chi connectivity index (χ1v) is 9.60. The molecule has 0 unspecified atom stereocenters. The van der Waals surface area contributed by atoms with Gasteiger partial charge in [-0.25, -0.2) is 14.8 Å². The number of methoxy groups -OCH3 is 1. The lowest BCUT2D eigenvalue weighted by atomic mass is 9.89. The molecule has 2 aromatic rings. The van der Waals surface area contributed by atoms with Crippen molar-refractivity contribution >= 4 is 28.8 Å². The number of esters is 1. The van der Waals surface area contributed by atoms with Crippen LogP contribution in [-0.2, 0) is 23.6 Å². The van der Waals surface area contributed by atoms with Crippen molar-refractivity contribution in [3.63, 3.8) is 0 Å². The lowest BCUT2D eigenvalue weighted by molar-refractivity contribution is -0.137. The van der Waals surface area contributed by atoms with Crippen molar-refractivity contribution in [3.8, 4) is 0 Å². The zero-order chi connectivity index (χ0) is 18.8. The van der Waals surface area contributed by atoms with E-state index in [9.17, 15) is 14.4 Å². The molecule has 0 aliphatic heterocycles. The van der Waals surface area contributed by atoms with E-state index in [2.05, 4.69) is 14.7 Å². The molecule has 0 bridgehead atoms. The van der Waals surface area contributed by atoms with Crippen LogP contribution in [0.5, 0.6) is 0 Å². The third-order valence-electron chi connectivity index (χ3n) is 4.81. The highest BCUT2D eigenvalue weighted by Crippen LogP contribution is 2.33. The van der Waals surface area contributed by atoms with Crippen LogP contribution in [0.2, 0.25) is 0 Å². The number of carbonyl (C=O) groups excluding carboxylic acids is 1. The molecule has 0 spiro atoms. The molecule has 0 saturated heterocycles. The molecule has 1 aliphatic carbocycles. The molecule has 2 aromatic heterocycles. The van der Waals surface area contributed by atoms with Crippen molar-refractivity contribution in [2.75, 3.05) is 12.9 Å². The summed E-state index contributed by atoms with van der Waals surface area (Å²) in [6.45, 7) is 0. The lowest BCUT2D eigenvalue weighted by Crippen LogP contribution is -2.38. The second-order valence-electron chi connectivity index (χ2n) is 6.49. The van der Waals surface area contributed by atoms with E-state index in [0.29, 0.717) is 16.5 Å². The summed E-state index contributed by atoms with van der Waals surface area (Å²) in [4.78, 5) is 45.7. The van der Waals surface area contributed by atoms with Crippen molar-refractivity contribution in [1.29, 1.82) is 0 Å². The Morgan fingerprint density at radius 2 is 1.85 bits per heavy atom. The topological polar surface area (TPSA) is 96.1 Å². The Bertz CT molecular complexity index is 960. The molecular weight excluding hydrogens is 356 g/mol. The predicted molar refractivity (Wildman–Crippen MR) is 98.6 cm³/mol. The molecule has 2 heterocycles. The van der Waals surface area contributed by atoms with Gasteiger partial charge in [0.05, 0.1) is 12.9 Å². The summed E-state index contributed by atoms with van der Waals surface area (Å²) in [5, 5.41) is 0.695. The Labute approximate surface area is 154 Å². The number of aryl methyl sites for hydroxylation is 1. The summed E-state index contributed by atoms with van der Waals surface area (Å²) in [6, 6.07) is 0. The van der Waals surface area contributed by atoms with E-state index in [1.807, 2.05) is 0 Å². The minimum atomic E-state index is -0.453. The number of thioether (sulfide) groups is 1. The minimum absolute atomic E-state index is 0.0404. The number of hydrogen-bond donors (Lipinski definition) is 0. The monoisotopic (exact) mass is 378 g/mol. The number of nitrogens with zero attached hydrogens (tertiary/aromatic N) is 4. The van der Waals surface area contributed by atoms with Crippen LogP contribution in [0.15, 0.2) is 14.6 Å². The molecule has 1 saturated carbocycles. The van der Waals surface area contributed by atoms with Crippen molar-refractivity contribution in [1.82, 2.24) is 19.1 Å². The molecule has 0 N–H and O–H groups in total. The fraction of sp³-hybridized carbons (Fsp3) is 0.588. The average Bonchev–Trinajstić information content (AvgIpc) is 2.68. The molecule has 0 aromatic carbocycles. The number of rotatable bonds is 4. The van der Waals surface area contributed by atoms with E-state index < -0.39 is 17.2 Å². The van der Waals surface area contributed by atoms with E-state index >= 15 is 0 Å². The maximum absolute atomic E-state index is 12.7. The number of carbonyl (C=O) groups is 1. The van der Waals surface area contributed by atoms with Gasteiger partial charge in [0.15, 0.2) is 5.65 Å². The van der Waals surface area contributed by atoms with Crippen molar-refractivity contribution in [3.05, 3.63) is 26.7 Å². The summed E-state index contributed by atoms with van der Waals surface area (Å²) in [7, 11) is 4.33. The molecule has 3 rings (SSSR count). The van der Waals surface area contributed by atoms with Crippen LogP contribution in [-0.4, -0.2) is 37.9 Å². The molecule has 26 heavy (non-hydrogen) atoms. The van der Waals surface area contributed by atoms with E-state index in [1.165, 1.54) is 25.1 Å². The lowest BCUT2D eigenvalue weighted by Gasteiger charge is -2.21. The summed E-state index contributed by atoms with van der Waals surface area (Å²) in [6.07, 6.45) is 5.42. The zero-order valence-corrected chi connectivity index (χ0v) is 16.0. The molecule has 0 atom stereocenters. The van der Waals surface area contributed by atoms with Crippen molar-refractivity contribution in [2.24, 2.45) is 14.1 Å².